The summed E-state index contributed by atoms with van der Waals surface area (Å²) in [6, 6.07) is 6.57. The van der Waals surface area contributed by atoms with Gasteiger partial charge in [0.2, 0.25) is 0 Å². The van der Waals surface area contributed by atoms with Crippen molar-refractivity contribution < 1.29 is 9.84 Å². The largest absolute Gasteiger partial charge is 0.504 e. The number of ether oxygens (including phenoxy) is 1. The van der Waals surface area contributed by atoms with Crippen LogP contribution in [0.4, 0.5) is 0 Å². The van der Waals surface area contributed by atoms with E-state index < -0.39 is 0 Å². The molecule has 4 heteroatoms. The Morgan fingerprint density at radius 3 is 2.60 bits per heavy atom. The second-order valence-corrected chi connectivity index (χ2v) is 5.81. The van der Waals surface area contributed by atoms with Gasteiger partial charge in [0, 0.05) is 12.1 Å². The van der Waals surface area contributed by atoms with Crippen LogP contribution < -0.4 is 4.74 Å². The summed E-state index contributed by atoms with van der Waals surface area (Å²) >= 11 is 0. The summed E-state index contributed by atoms with van der Waals surface area (Å²) in [5, 5.41) is 9.69. The molecule has 1 aromatic carbocycles. The minimum atomic E-state index is 0.199. The van der Waals surface area contributed by atoms with Crippen LogP contribution >= 0.6 is 0 Å². The van der Waals surface area contributed by atoms with Crippen LogP contribution in [0.5, 0.6) is 11.5 Å². The molecule has 1 N–H and O–H groups in total. The van der Waals surface area contributed by atoms with Crippen LogP contribution in [0.25, 0.3) is 0 Å². The molecule has 1 unspecified atom stereocenters. The lowest BCUT2D eigenvalue weighted by Gasteiger charge is -2.38. The molecule has 0 aliphatic carbocycles. The molecule has 0 radical (unpaired) electrons. The van der Waals surface area contributed by atoms with Gasteiger partial charge in [-0.15, -0.1) is 0 Å². The van der Waals surface area contributed by atoms with Gasteiger partial charge in [0.1, 0.15) is 0 Å². The van der Waals surface area contributed by atoms with Crippen LogP contribution in [0.2, 0.25) is 0 Å². The molecule has 1 heterocycles. The predicted octanol–water partition coefficient (Wildman–Crippen LogP) is 2.49. The molecular formula is C16H26N2O2. The fourth-order valence-corrected chi connectivity index (χ4v) is 2.91. The highest BCUT2D eigenvalue weighted by Gasteiger charge is 2.24. The van der Waals surface area contributed by atoms with Crippen molar-refractivity contribution in [3.05, 3.63) is 23.8 Å². The third-order valence-corrected chi connectivity index (χ3v) is 4.56. The molecule has 20 heavy (non-hydrogen) atoms. The zero-order chi connectivity index (χ0) is 14.7. The summed E-state index contributed by atoms with van der Waals surface area (Å²) in [5.74, 6) is 0.747. The van der Waals surface area contributed by atoms with Crippen molar-refractivity contribution in [1.82, 2.24) is 9.80 Å². The van der Waals surface area contributed by atoms with Crippen LogP contribution in [-0.4, -0.2) is 55.2 Å². The number of piperidine rings is 1. The molecule has 112 valence electrons. The summed E-state index contributed by atoms with van der Waals surface area (Å²) < 4.78 is 5.20. The number of phenolic OH excluding ortho intramolecular Hbond substituents is 1. The van der Waals surface area contributed by atoms with Gasteiger partial charge >= 0.3 is 0 Å². The Morgan fingerprint density at radius 2 is 2.00 bits per heavy atom. The Kier molecular flexibility index (Phi) is 4.89. The summed E-state index contributed by atoms with van der Waals surface area (Å²) in [4.78, 5) is 4.83. The van der Waals surface area contributed by atoms with Crippen LogP contribution in [0, 0.1) is 0 Å². The van der Waals surface area contributed by atoms with E-state index in [0.717, 1.165) is 0 Å². The molecule has 0 amide bonds. The number of hydrogen-bond acceptors (Lipinski definition) is 4. The molecule has 0 saturated carbocycles. The minimum Gasteiger partial charge on any atom is -0.504 e. The molecule has 0 bridgehead atoms. The average Bonchev–Trinajstić information content (AvgIpc) is 2.47. The molecule has 1 aliphatic rings. The second kappa shape index (κ2) is 6.46. The smallest absolute Gasteiger partial charge is 0.160 e. The Bertz CT molecular complexity index is 442. The number of benzene rings is 1. The van der Waals surface area contributed by atoms with Crippen molar-refractivity contribution in [1.29, 1.82) is 0 Å². The van der Waals surface area contributed by atoms with Crippen molar-refractivity contribution in [2.24, 2.45) is 0 Å². The van der Waals surface area contributed by atoms with Crippen LogP contribution in [0.15, 0.2) is 18.2 Å². The van der Waals surface area contributed by atoms with E-state index in [1.165, 1.54) is 31.5 Å². The van der Waals surface area contributed by atoms with Gasteiger partial charge in [-0.05, 0) is 64.6 Å². The fraction of sp³-hybridized carbons (Fsp3) is 0.625. The Morgan fingerprint density at radius 1 is 1.35 bits per heavy atom. The molecule has 2 rings (SSSR count). The maximum absolute atomic E-state index is 9.69. The zero-order valence-electron chi connectivity index (χ0n) is 13.0. The first-order valence-corrected chi connectivity index (χ1v) is 7.30. The van der Waals surface area contributed by atoms with Gasteiger partial charge in [-0.25, -0.2) is 0 Å². The standard InChI is InChI=1S/C16H26N2O2/c1-12(13-5-6-15(19)16(11-13)20-4)18(3)14-7-9-17(2)10-8-14/h5-6,11-12,14,19H,7-10H2,1-4H3. The van der Waals surface area contributed by atoms with Gasteiger partial charge in [-0.1, -0.05) is 6.07 Å². The highest BCUT2D eigenvalue weighted by atomic mass is 16.5. The van der Waals surface area contributed by atoms with Crippen molar-refractivity contribution in [2.45, 2.75) is 31.8 Å². The predicted molar refractivity (Wildman–Crippen MR) is 81.4 cm³/mol. The maximum atomic E-state index is 9.69. The summed E-state index contributed by atoms with van der Waals surface area (Å²) in [7, 11) is 5.97. The summed E-state index contributed by atoms with van der Waals surface area (Å²) in [5.41, 5.74) is 1.18. The number of phenols is 1. The third kappa shape index (κ3) is 3.25. The van der Waals surface area contributed by atoms with Crippen molar-refractivity contribution in [3.63, 3.8) is 0 Å². The molecule has 0 spiro atoms. The van der Waals surface area contributed by atoms with Crippen LogP contribution in [-0.2, 0) is 0 Å². The Balaban J connectivity index is 2.08. The van der Waals surface area contributed by atoms with Gasteiger partial charge in [-0.2, -0.15) is 0 Å². The van der Waals surface area contributed by atoms with Gasteiger partial charge in [0.05, 0.1) is 7.11 Å². The lowest BCUT2D eigenvalue weighted by atomic mass is 9.99. The highest BCUT2D eigenvalue weighted by Crippen LogP contribution is 2.32. The lowest BCUT2D eigenvalue weighted by Crippen LogP contribution is -2.42. The molecule has 1 saturated heterocycles. The number of hydrogen-bond donors (Lipinski definition) is 1. The lowest BCUT2D eigenvalue weighted by molar-refractivity contribution is 0.113. The average molecular weight is 278 g/mol. The normalized spacial score (nSPS) is 19.2. The number of rotatable bonds is 4. The summed E-state index contributed by atoms with van der Waals surface area (Å²) in [6.07, 6.45) is 2.43. The van der Waals surface area contributed by atoms with E-state index in [0.29, 0.717) is 17.8 Å². The van der Waals surface area contributed by atoms with Crippen LogP contribution in [0.1, 0.15) is 31.4 Å². The molecule has 4 nitrogen and oxygen atoms in total. The molecule has 1 aliphatic heterocycles. The third-order valence-electron chi connectivity index (χ3n) is 4.56. The van der Waals surface area contributed by atoms with Crippen molar-refractivity contribution in [3.8, 4) is 11.5 Å². The first-order chi connectivity index (χ1) is 9.52. The molecule has 1 atom stereocenters. The molecule has 1 aromatic rings. The Labute approximate surface area is 122 Å². The minimum absolute atomic E-state index is 0.199. The first-order valence-electron chi connectivity index (χ1n) is 7.30. The van der Waals surface area contributed by atoms with Crippen LogP contribution in [0.3, 0.4) is 0 Å². The zero-order valence-corrected chi connectivity index (χ0v) is 13.0. The molecule has 1 fully saturated rings. The molecule has 0 aromatic heterocycles. The van der Waals surface area contributed by atoms with Crippen molar-refractivity contribution in [2.75, 3.05) is 34.3 Å². The first kappa shape index (κ1) is 15.1. The topological polar surface area (TPSA) is 35.9 Å². The number of likely N-dealkylation sites (tertiary alicyclic amines) is 1. The Hall–Kier alpha value is -1.26. The highest BCUT2D eigenvalue weighted by molar-refractivity contribution is 5.42. The van der Waals surface area contributed by atoms with E-state index in [9.17, 15) is 5.11 Å². The van der Waals surface area contributed by atoms with E-state index in [2.05, 4.69) is 30.8 Å². The van der Waals surface area contributed by atoms with E-state index in [-0.39, 0.29) is 5.75 Å². The SMILES string of the molecule is COc1cc(C(C)N(C)C2CCN(C)CC2)ccc1O. The van der Waals surface area contributed by atoms with E-state index in [4.69, 9.17) is 4.74 Å². The van der Waals surface area contributed by atoms with Crippen molar-refractivity contribution >= 4 is 0 Å². The van der Waals surface area contributed by atoms with Gasteiger partial charge in [-0.3, -0.25) is 4.90 Å². The van der Waals surface area contributed by atoms with Gasteiger partial charge in [0.25, 0.3) is 0 Å². The van der Waals surface area contributed by atoms with Gasteiger partial charge < -0.3 is 14.7 Å². The molecular weight excluding hydrogens is 252 g/mol. The number of methoxy groups -OCH3 is 1. The van der Waals surface area contributed by atoms with E-state index in [1.807, 2.05) is 12.1 Å². The van der Waals surface area contributed by atoms with E-state index >= 15 is 0 Å². The number of nitrogens with zero attached hydrogens (tertiary/aromatic N) is 2. The number of aromatic hydroxyl groups is 1. The van der Waals surface area contributed by atoms with Gasteiger partial charge in [0.15, 0.2) is 11.5 Å². The second-order valence-electron chi connectivity index (χ2n) is 5.81. The quantitative estimate of drug-likeness (QED) is 0.918. The summed E-state index contributed by atoms with van der Waals surface area (Å²) in [6.45, 7) is 4.55. The monoisotopic (exact) mass is 278 g/mol. The fourth-order valence-electron chi connectivity index (χ4n) is 2.91. The maximum Gasteiger partial charge on any atom is 0.160 e. The van der Waals surface area contributed by atoms with E-state index in [1.54, 1.807) is 13.2 Å².